The number of carbonyl (C=O) groups excluding carboxylic acids is 2. The van der Waals surface area contributed by atoms with Crippen molar-refractivity contribution in [1.82, 2.24) is 0 Å². The Morgan fingerprint density at radius 3 is 1.00 bits per heavy atom. The molecule has 0 saturated carbocycles. The minimum Gasteiger partial charge on any atom is -0.481 e. The summed E-state index contributed by atoms with van der Waals surface area (Å²) in [5.74, 6) is -2.35. The van der Waals surface area contributed by atoms with Gasteiger partial charge in [0.2, 0.25) is 0 Å². The Labute approximate surface area is 213 Å². The van der Waals surface area contributed by atoms with Crippen LogP contribution in [0.4, 0.5) is 0 Å². The molecule has 12 nitrogen and oxygen atoms in total. The molecule has 2 N–H and O–H groups in total. The normalized spacial score (nSPS) is 11.3. The van der Waals surface area contributed by atoms with E-state index >= 15 is 0 Å². The smallest absolute Gasteiger partial charge is 0.307 e. The predicted octanol–water partition coefficient (Wildman–Crippen LogP) is 2.17. The molecule has 0 saturated heterocycles. The first-order chi connectivity index (χ1) is 16.7. The van der Waals surface area contributed by atoms with E-state index in [0.717, 1.165) is 0 Å². The van der Waals surface area contributed by atoms with Gasteiger partial charge in [0, 0.05) is 10.8 Å². The molecular weight excluding hydrogens is 480 g/mol. The Bertz CT molecular complexity index is 581. The molecule has 0 aromatic heterocycles. The van der Waals surface area contributed by atoms with Crippen molar-refractivity contribution in [2.45, 2.75) is 53.4 Å². The monoisotopic (exact) mass is 524 g/mol. The fourth-order valence-electron chi connectivity index (χ4n) is 2.31. The Hall–Kier alpha value is -2.28. The highest BCUT2D eigenvalue weighted by Crippen LogP contribution is 2.17. The van der Waals surface area contributed by atoms with Gasteiger partial charge in [-0.05, 0) is 0 Å². The van der Waals surface area contributed by atoms with Gasteiger partial charge in [-0.1, -0.05) is 27.7 Å². The summed E-state index contributed by atoms with van der Waals surface area (Å²) >= 11 is 0. The molecule has 0 aliphatic rings. The number of rotatable bonds is 20. The first kappa shape index (κ1) is 35.9. The molecule has 0 rings (SSSR count). The minimum absolute atomic E-state index is 0.0179. The maximum Gasteiger partial charge on any atom is 0.307 e. The fourth-order valence-corrected chi connectivity index (χ4v) is 2.31. The quantitative estimate of drug-likeness (QED) is 0.176. The van der Waals surface area contributed by atoms with Crippen LogP contribution in [0, 0.1) is 10.8 Å². The lowest BCUT2D eigenvalue weighted by molar-refractivity contribution is -0.142. The third-order valence-electron chi connectivity index (χ3n) is 4.25. The molecule has 0 spiro atoms. The highest BCUT2D eigenvalue weighted by molar-refractivity contribution is 5.69. The number of esters is 2. The average Bonchev–Trinajstić information content (AvgIpc) is 2.80. The van der Waals surface area contributed by atoms with Crippen LogP contribution in [0.3, 0.4) is 0 Å². The second-order valence-electron chi connectivity index (χ2n) is 9.48. The van der Waals surface area contributed by atoms with Crippen LogP contribution < -0.4 is 0 Å². The molecule has 0 unspecified atom stereocenters. The molecule has 0 aromatic rings. The Balaban J connectivity index is 0. The van der Waals surface area contributed by atoms with Gasteiger partial charge in [-0.3, -0.25) is 19.2 Å². The number of carboxylic acids is 2. The van der Waals surface area contributed by atoms with Gasteiger partial charge in [0.15, 0.2) is 0 Å². The molecule has 12 heteroatoms. The summed E-state index contributed by atoms with van der Waals surface area (Å²) in [4.78, 5) is 42.2. The third kappa shape index (κ3) is 26.3. The summed E-state index contributed by atoms with van der Waals surface area (Å²) in [5, 5.41) is 16.8. The number of carboxylic acid groups (broad SMARTS) is 2. The summed E-state index contributed by atoms with van der Waals surface area (Å²) in [6.45, 7) is 10.5. The second-order valence-corrected chi connectivity index (χ2v) is 9.48. The number of aliphatic carboxylic acids is 2. The number of ether oxygens (including phenoxy) is 6. The lowest BCUT2D eigenvalue weighted by Crippen LogP contribution is -2.26. The van der Waals surface area contributed by atoms with Crippen LogP contribution in [0.5, 0.6) is 0 Å². The van der Waals surface area contributed by atoms with Crippen LogP contribution in [-0.2, 0) is 47.6 Å². The van der Waals surface area contributed by atoms with E-state index < -0.39 is 11.9 Å². The zero-order chi connectivity index (χ0) is 28.0. The zero-order valence-corrected chi connectivity index (χ0v) is 22.5. The molecule has 0 aliphatic heterocycles. The van der Waals surface area contributed by atoms with Crippen molar-refractivity contribution in [1.29, 1.82) is 0 Å². The lowest BCUT2D eigenvalue weighted by atomic mass is 9.96. The van der Waals surface area contributed by atoms with Crippen LogP contribution in [0.1, 0.15) is 53.4 Å². The molecule has 212 valence electrons. The molecule has 0 aromatic carbocycles. The summed E-state index contributed by atoms with van der Waals surface area (Å²) in [7, 11) is 2.70. The van der Waals surface area contributed by atoms with Crippen molar-refractivity contribution in [3.8, 4) is 0 Å². The Kier molecular flexibility index (Phi) is 20.8. The van der Waals surface area contributed by atoms with Gasteiger partial charge in [-0.2, -0.15) is 0 Å². The van der Waals surface area contributed by atoms with Crippen LogP contribution in [0.25, 0.3) is 0 Å². The van der Waals surface area contributed by atoms with Gasteiger partial charge in [0.05, 0.1) is 92.8 Å². The maximum absolute atomic E-state index is 10.9. The van der Waals surface area contributed by atoms with Crippen LogP contribution in [0.15, 0.2) is 0 Å². The number of hydrogen-bond acceptors (Lipinski definition) is 10. The third-order valence-corrected chi connectivity index (χ3v) is 4.25. The second kappa shape index (κ2) is 20.9. The van der Waals surface area contributed by atoms with E-state index in [1.807, 2.05) is 27.7 Å². The Morgan fingerprint density at radius 1 is 0.528 bits per heavy atom. The number of methoxy groups -OCH3 is 2. The van der Waals surface area contributed by atoms with E-state index in [9.17, 15) is 19.2 Å². The van der Waals surface area contributed by atoms with Crippen molar-refractivity contribution in [2.24, 2.45) is 10.8 Å². The van der Waals surface area contributed by atoms with Crippen LogP contribution >= 0.6 is 0 Å². The van der Waals surface area contributed by atoms with Crippen molar-refractivity contribution in [3.05, 3.63) is 0 Å². The van der Waals surface area contributed by atoms with E-state index in [1.54, 1.807) is 0 Å². The highest BCUT2D eigenvalue weighted by atomic mass is 16.5. The van der Waals surface area contributed by atoms with Crippen molar-refractivity contribution in [3.63, 3.8) is 0 Å². The molecule has 0 atom stereocenters. The summed E-state index contributed by atoms with van der Waals surface area (Å²) in [5.41, 5.74) is -0.427. The molecule has 0 radical (unpaired) electrons. The van der Waals surface area contributed by atoms with Crippen molar-refractivity contribution in [2.75, 3.05) is 67.1 Å². The molecule has 0 bridgehead atoms. The SMILES string of the molecule is CC(C)(COCCC(=O)O)COCCC(=O)O.COC(=O)CCOCC(C)(C)COCCC(=O)OC. The highest BCUT2D eigenvalue weighted by Gasteiger charge is 2.20. The summed E-state index contributed by atoms with van der Waals surface area (Å²) in [6.07, 6.45) is 0.456. The van der Waals surface area contributed by atoms with Gasteiger partial charge in [-0.25, -0.2) is 0 Å². The molecular formula is C24H44O12. The minimum atomic E-state index is -0.888. The number of carbonyl (C=O) groups is 4. The molecule has 0 heterocycles. The van der Waals surface area contributed by atoms with Gasteiger partial charge in [0.1, 0.15) is 0 Å². The lowest BCUT2D eigenvalue weighted by Gasteiger charge is -2.24. The average molecular weight is 525 g/mol. The molecule has 36 heavy (non-hydrogen) atoms. The first-order valence-electron chi connectivity index (χ1n) is 11.6. The van der Waals surface area contributed by atoms with Crippen molar-refractivity contribution < 1.29 is 57.8 Å². The van der Waals surface area contributed by atoms with E-state index in [0.29, 0.717) is 39.6 Å². The number of hydrogen-bond donors (Lipinski definition) is 2. The van der Waals surface area contributed by atoms with Gasteiger partial charge < -0.3 is 38.6 Å². The summed E-state index contributed by atoms with van der Waals surface area (Å²) in [6, 6.07) is 0. The Morgan fingerprint density at radius 2 is 0.778 bits per heavy atom. The van der Waals surface area contributed by atoms with E-state index in [-0.39, 0.29) is 61.7 Å². The van der Waals surface area contributed by atoms with Crippen LogP contribution in [0.2, 0.25) is 0 Å². The standard InChI is InChI=1S/C13H24O6.C11H20O6/c1-13(2,9-18-7-5-11(14)16-3)10-19-8-6-12(15)17-4;1-11(2,7-16-5-3-9(12)13)8-17-6-4-10(14)15/h5-10H2,1-4H3;3-8H2,1-2H3,(H,12,13)(H,14,15). The van der Waals surface area contributed by atoms with Crippen molar-refractivity contribution >= 4 is 23.9 Å². The fraction of sp³-hybridized carbons (Fsp3) is 0.833. The van der Waals surface area contributed by atoms with E-state index in [2.05, 4.69) is 9.47 Å². The van der Waals surface area contributed by atoms with E-state index in [1.165, 1.54) is 14.2 Å². The molecule has 0 fully saturated rings. The maximum atomic E-state index is 10.9. The van der Waals surface area contributed by atoms with Crippen LogP contribution in [-0.4, -0.2) is 101 Å². The summed E-state index contributed by atoms with van der Waals surface area (Å²) < 4.78 is 30.2. The zero-order valence-electron chi connectivity index (χ0n) is 22.5. The molecule has 0 amide bonds. The van der Waals surface area contributed by atoms with E-state index in [4.69, 9.17) is 29.2 Å². The predicted molar refractivity (Wildman–Crippen MR) is 129 cm³/mol. The van der Waals surface area contributed by atoms with Gasteiger partial charge in [-0.15, -0.1) is 0 Å². The van der Waals surface area contributed by atoms with Gasteiger partial charge in [0.25, 0.3) is 0 Å². The molecule has 0 aliphatic carbocycles. The topological polar surface area (TPSA) is 164 Å². The van der Waals surface area contributed by atoms with Gasteiger partial charge >= 0.3 is 23.9 Å². The largest absolute Gasteiger partial charge is 0.481 e. The first-order valence-corrected chi connectivity index (χ1v) is 11.6.